The molecule has 4 rings (SSSR count). The molecule has 1 fully saturated rings. The molecule has 1 saturated heterocycles. The Morgan fingerprint density at radius 1 is 1.27 bits per heavy atom. The summed E-state index contributed by atoms with van der Waals surface area (Å²) < 4.78 is 5.32. The van der Waals surface area contributed by atoms with Crippen LogP contribution in [0.1, 0.15) is 32.0 Å². The summed E-state index contributed by atoms with van der Waals surface area (Å²) in [4.78, 5) is 56.5. The van der Waals surface area contributed by atoms with E-state index in [0.717, 1.165) is 21.4 Å². The van der Waals surface area contributed by atoms with Crippen molar-refractivity contribution >= 4 is 34.7 Å². The molecule has 4 unspecified atom stereocenters. The van der Waals surface area contributed by atoms with Crippen LogP contribution in [0.4, 0.5) is 4.79 Å². The maximum atomic E-state index is 13.6. The second-order valence-corrected chi connectivity index (χ2v) is 8.56. The number of carboxylic acids is 1. The molecule has 33 heavy (non-hydrogen) atoms. The Balaban J connectivity index is 1.70. The van der Waals surface area contributed by atoms with Crippen LogP contribution in [-0.2, 0) is 26.3 Å². The summed E-state index contributed by atoms with van der Waals surface area (Å²) in [5.41, 5.74) is 0.942. The van der Waals surface area contributed by atoms with Gasteiger partial charge in [-0.05, 0) is 51.0 Å². The van der Waals surface area contributed by atoms with Crippen molar-refractivity contribution in [1.29, 1.82) is 0 Å². The smallest absolute Gasteiger partial charge is 0.328 e. The van der Waals surface area contributed by atoms with Crippen LogP contribution in [0.15, 0.2) is 18.2 Å². The van der Waals surface area contributed by atoms with Crippen molar-refractivity contribution in [2.75, 3.05) is 13.7 Å². The number of aliphatic carboxylic acids is 1. The first-order valence-electron chi connectivity index (χ1n) is 10.6. The van der Waals surface area contributed by atoms with Gasteiger partial charge < -0.3 is 30.2 Å². The van der Waals surface area contributed by atoms with Crippen LogP contribution in [0.3, 0.4) is 0 Å². The van der Waals surface area contributed by atoms with Crippen LogP contribution < -0.4 is 10.1 Å². The molecule has 0 saturated carbocycles. The number of nitrogens with one attached hydrogen (secondary N) is 2. The maximum absolute atomic E-state index is 13.6. The van der Waals surface area contributed by atoms with Crippen molar-refractivity contribution in [3.05, 3.63) is 29.5 Å². The standard InChI is InChI=1S/C22H26N4O7/c1-10(18(28)24-16(11(2)27)19(29)30)26-20(31)22(3)17-13(7-8-25(22)21(26)32)14-9-12(33-4)5-6-15(14)23-17/h5-6,9-11,16,23,27H,7-8H2,1-4H3,(H,24,28)(H,29,30). The second-order valence-electron chi connectivity index (χ2n) is 8.56. The number of nitrogens with zero attached hydrogens (tertiary/aromatic N) is 2. The van der Waals surface area contributed by atoms with Crippen LogP contribution in [-0.4, -0.2) is 80.7 Å². The predicted molar refractivity (Wildman–Crippen MR) is 116 cm³/mol. The number of fused-ring (bicyclic) bond motifs is 5. The van der Waals surface area contributed by atoms with Crippen LogP contribution >= 0.6 is 0 Å². The summed E-state index contributed by atoms with van der Waals surface area (Å²) in [5, 5.41) is 22.0. The van der Waals surface area contributed by atoms with Crippen molar-refractivity contribution in [3.8, 4) is 5.75 Å². The molecule has 11 heteroatoms. The topological polar surface area (TPSA) is 152 Å². The molecular formula is C22H26N4O7. The number of aliphatic hydroxyl groups is 1. The first kappa shape index (κ1) is 22.6. The van der Waals surface area contributed by atoms with Gasteiger partial charge in [0, 0.05) is 17.4 Å². The van der Waals surface area contributed by atoms with Crippen LogP contribution in [0.2, 0.25) is 0 Å². The number of aliphatic hydroxyl groups excluding tert-OH is 1. The lowest BCUT2D eigenvalue weighted by Gasteiger charge is -2.36. The van der Waals surface area contributed by atoms with Crippen LogP contribution in [0.25, 0.3) is 10.9 Å². The number of aromatic amines is 1. The molecule has 2 aliphatic rings. The van der Waals surface area contributed by atoms with Gasteiger partial charge in [-0.15, -0.1) is 0 Å². The van der Waals surface area contributed by atoms with Gasteiger partial charge in [-0.2, -0.15) is 0 Å². The molecule has 4 N–H and O–H groups in total. The molecule has 0 bridgehead atoms. The van der Waals surface area contributed by atoms with E-state index in [4.69, 9.17) is 4.74 Å². The van der Waals surface area contributed by atoms with E-state index in [1.54, 1.807) is 20.1 Å². The summed E-state index contributed by atoms with van der Waals surface area (Å²) in [7, 11) is 1.57. The Labute approximate surface area is 189 Å². The van der Waals surface area contributed by atoms with E-state index in [1.807, 2.05) is 12.1 Å². The average Bonchev–Trinajstić information content (AvgIpc) is 3.24. The molecule has 4 atom stereocenters. The number of H-pyrrole nitrogens is 1. The Kier molecular flexibility index (Phi) is 5.32. The number of aromatic nitrogens is 1. The van der Waals surface area contributed by atoms with Gasteiger partial charge in [-0.1, -0.05) is 0 Å². The molecule has 11 nitrogen and oxygen atoms in total. The van der Waals surface area contributed by atoms with Gasteiger partial charge in [0.2, 0.25) is 5.91 Å². The number of urea groups is 1. The molecule has 0 spiro atoms. The molecule has 4 amide bonds. The lowest BCUT2D eigenvalue weighted by Crippen LogP contribution is -2.55. The van der Waals surface area contributed by atoms with Crippen molar-refractivity contribution in [3.63, 3.8) is 0 Å². The molecule has 0 radical (unpaired) electrons. The number of rotatable bonds is 6. The number of hydrogen-bond donors (Lipinski definition) is 4. The Morgan fingerprint density at radius 2 is 1.97 bits per heavy atom. The minimum absolute atomic E-state index is 0.272. The molecular weight excluding hydrogens is 432 g/mol. The molecule has 176 valence electrons. The maximum Gasteiger partial charge on any atom is 0.328 e. The number of hydrogen-bond acceptors (Lipinski definition) is 6. The first-order valence-corrected chi connectivity index (χ1v) is 10.6. The van der Waals surface area contributed by atoms with E-state index in [1.165, 1.54) is 18.7 Å². The zero-order chi connectivity index (χ0) is 24.2. The lowest BCUT2D eigenvalue weighted by molar-refractivity contribution is -0.146. The lowest BCUT2D eigenvalue weighted by atomic mass is 9.87. The first-order chi connectivity index (χ1) is 15.5. The minimum Gasteiger partial charge on any atom is -0.497 e. The Hall–Kier alpha value is -3.60. The number of amides is 4. The SMILES string of the molecule is COc1ccc2[nH]c3c(c2c1)CCN1C(=O)N(C(C)C(=O)NC(C(=O)O)C(C)O)C(=O)C31C. The highest BCUT2D eigenvalue weighted by Crippen LogP contribution is 2.45. The summed E-state index contributed by atoms with van der Waals surface area (Å²) in [6, 6.07) is 2.04. The molecule has 2 aromatic rings. The van der Waals surface area contributed by atoms with Crippen molar-refractivity contribution in [2.45, 2.75) is 50.9 Å². The monoisotopic (exact) mass is 458 g/mol. The Bertz CT molecular complexity index is 1170. The Morgan fingerprint density at radius 3 is 2.58 bits per heavy atom. The minimum atomic E-state index is -1.57. The fraction of sp³-hybridized carbons (Fsp3) is 0.455. The van der Waals surface area contributed by atoms with Crippen molar-refractivity contribution in [2.24, 2.45) is 0 Å². The summed E-state index contributed by atoms with van der Waals surface area (Å²) in [6.45, 7) is 4.49. The highest BCUT2D eigenvalue weighted by atomic mass is 16.5. The van der Waals surface area contributed by atoms with E-state index in [-0.39, 0.29) is 6.54 Å². The number of methoxy groups -OCH3 is 1. The van der Waals surface area contributed by atoms with Gasteiger partial charge >= 0.3 is 12.0 Å². The quantitative estimate of drug-likeness (QED) is 0.461. The van der Waals surface area contributed by atoms with Gasteiger partial charge in [0.05, 0.1) is 18.9 Å². The largest absolute Gasteiger partial charge is 0.497 e. The van der Waals surface area contributed by atoms with Gasteiger partial charge in [0.15, 0.2) is 11.6 Å². The summed E-state index contributed by atoms with van der Waals surface area (Å²) in [6.07, 6.45) is -0.854. The average molecular weight is 458 g/mol. The predicted octanol–water partition coefficient (Wildman–Crippen LogP) is 0.551. The van der Waals surface area contributed by atoms with E-state index >= 15 is 0 Å². The van der Waals surface area contributed by atoms with Crippen LogP contribution in [0.5, 0.6) is 5.75 Å². The molecule has 1 aromatic heterocycles. The number of carbonyl (C=O) groups excluding carboxylic acids is 3. The van der Waals surface area contributed by atoms with E-state index in [9.17, 15) is 29.4 Å². The molecule has 1 aromatic carbocycles. The number of carboxylic acid groups (broad SMARTS) is 1. The fourth-order valence-electron chi connectivity index (χ4n) is 4.69. The van der Waals surface area contributed by atoms with Crippen molar-refractivity contribution < 1.29 is 34.1 Å². The molecule has 2 aliphatic heterocycles. The van der Waals surface area contributed by atoms with Gasteiger partial charge in [0.25, 0.3) is 5.91 Å². The van der Waals surface area contributed by atoms with Gasteiger partial charge in [-0.25, -0.2) is 14.5 Å². The van der Waals surface area contributed by atoms with Gasteiger partial charge in [0.1, 0.15) is 11.8 Å². The second kappa shape index (κ2) is 7.77. The van der Waals surface area contributed by atoms with Crippen LogP contribution in [0, 0.1) is 0 Å². The zero-order valence-electron chi connectivity index (χ0n) is 18.7. The number of carbonyl (C=O) groups is 4. The van der Waals surface area contributed by atoms with E-state index < -0.39 is 47.5 Å². The normalized spacial score (nSPS) is 22.6. The van der Waals surface area contributed by atoms with Gasteiger partial charge in [-0.3, -0.25) is 9.59 Å². The fourth-order valence-corrected chi connectivity index (χ4v) is 4.69. The molecule has 0 aliphatic carbocycles. The highest BCUT2D eigenvalue weighted by Gasteiger charge is 2.60. The number of imide groups is 1. The third-order valence-electron chi connectivity index (χ3n) is 6.61. The number of ether oxygens (including phenoxy) is 1. The highest BCUT2D eigenvalue weighted by molar-refractivity contribution is 6.11. The van der Waals surface area contributed by atoms with E-state index in [0.29, 0.717) is 17.9 Å². The third kappa shape index (κ3) is 3.22. The molecule has 3 heterocycles. The summed E-state index contributed by atoms with van der Waals surface area (Å²) in [5.74, 6) is -2.19. The number of benzene rings is 1. The van der Waals surface area contributed by atoms with E-state index in [2.05, 4.69) is 10.3 Å². The van der Waals surface area contributed by atoms with Crippen molar-refractivity contribution in [1.82, 2.24) is 20.1 Å². The third-order valence-corrected chi connectivity index (χ3v) is 6.61. The summed E-state index contributed by atoms with van der Waals surface area (Å²) >= 11 is 0. The zero-order valence-corrected chi connectivity index (χ0v) is 18.7.